The van der Waals surface area contributed by atoms with E-state index in [-0.39, 0.29) is 0 Å². The quantitative estimate of drug-likeness (QED) is 0.866. The van der Waals surface area contributed by atoms with Crippen molar-refractivity contribution in [2.24, 2.45) is 0 Å². The van der Waals surface area contributed by atoms with Crippen molar-refractivity contribution in [2.45, 2.75) is 45.8 Å². The van der Waals surface area contributed by atoms with Gasteiger partial charge in [-0.25, -0.2) is 9.18 Å². The first-order valence-electron chi connectivity index (χ1n) is 6.31. The summed E-state index contributed by atoms with van der Waals surface area (Å²) in [5.74, 6) is -0.429. The molecule has 0 radical (unpaired) electrons. The summed E-state index contributed by atoms with van der Waals surface area (Å²) in [6.45, 7) is 8.27. The molecule has 0 heterocycles. The predicted octanol–water partition coefficient (Wildman–Crippen LogP) is 3.07. The van der Waals surface area contributed by atoms with E-state index in [1.54, 1.807) is 39.8 Å². The maximum absolute atomic E-state index is 13.6. The molecule has 0 aliphatic carbocycles. The van der Waals surface area contributed by atoms with Gasteiger partial charge in [0, 0.05) is 0 Å². The molecule has 0 fully saturated rings. The van der Waals surface area contributed by atoms with Gasteiger partial charge in [0.1, 0.15) is 23.2 Å². The van der Waals surface area contributed by atoms with E-state index in [1.807, 2.05) is 0 Å². The molecule has 1 rings (SSSR count). The summed E-state index contributed by atoms with van der Waals surface area (Å²) in [7, 11) is 0. The van der Waals surface area contributed by atoms with Crippen molar-refractivity contribution in [2.75, 3.05) is 0 Å². The highest BCUT2D eigenvalue weighted by Crippen LogP contribution is 2.21. The second-order valence-electron chi connectivity index (χ2n) is 5.91. The van der Waals surface area contributed by atoms with Crippen LogP contribution in [0.2, 0.25) is 0 Å². The molecule has 5 heteroatoms. The van der Waals surface area contributed by atoms with E-state index in [0.717, 1.165) is 0 Å². The fourth-order valence-corrected chi connectivity index (χ4v) is 1.60. The van der Waals surface area contributed by atoms with Gasteiger partial charge in [0.25, 0.3) is 0 Å². The van der Waals surface area contributed by atoms with Crippen molar-refractivity contribution in [3.8, 4) is 0 Å². The van der Waals surface area contributed by atoms with E-state index < -0.39 is 23.1 Å². The van der Waals surface area contributed by atoms with Crippen LogP contribution in [0.25, 0.3) is 0 Å². The number of carbonyl (C=O) groups excluding carboxylic acids is 2. The number of benzene rings is 1. The number of amides is 1. The summed E-state index contributed by atoms with van der Waals surface area (Å²) in [6.07, 6.45) is -0.172. The van der Waals surface area contributed by atoms with Crippen molar-refractivity contribution < 1.29 is 18.7 Å². The largest absolute Gasteiger partial charge is 0.444 e. The Morgan fingerprint density at radius 3 is 2.35 bits per heavy atom. The highest BCUT2D eigenvalue weighted by Gasteiger charge is 2.31. The van der Waals surface area contributed by atoms with Gasteiger partial charge in [0.05, 0.1) is 0 Å². The Labute approximate surface area is 118 Å². The van der Waals surface area contributed by atoms with Gasteiger partial charge in [-0.3, -0.25) is 0 Å². The molecule has 0 saturated carbocycles. The highest BCUT2D eigenvalue weighted by molar-refractivity contribution is 5.77. The molecule has 0 spiro atoms. The zero-order valence-corrected chi connectivity index (χ0v) is 12.4. The molecule has 1 aromatic carbocycles. The van der Waals surface area contributed by atoms with Gasteiger partial charge in [0.2, 0.25) is 0 Å². The van der Waals surface area contributed by atoms with Gasteiger partial charge in [-0.15, -0.1) is 0 Å². The van der Waals surface area contributed by atoms with Crippen molar-refractivity contribution in [1.82, 2.24) is 5.32 Å². The van der Waals surface area contributed by atoms with Gasteiger partial charge in [-0.1, -0.05) is 12.1 Å². The zero-order valence-electron chi connectivity index (χ0n) is 12.4. The Balaban J connectivity index is 2.99. The monoisotopic (exact) mass is 281 g/mol. The molecule has 0 saturated heterocycles. The third-order valence-corrected chi connectivity index (χ3v) is 2.77. The van der Waals surface area contributed by atoms with Crippen LogP contribution in [0.3, 0.4) is 0 Å². The average Bonchev–Trinajstić information content (AvgIpc) is 2.29. The van der Waals surface area contributed by atoms with Crippen LogP contribution in [0.5, 0.6) is 0 Å². The van der Waals surface area contributed by atoms with Gasteiger partial charge in [-0.05, 0) is 51.8 Å². The Hall–Kier alpha value is -1.91. The molecule has 20 heavy (non-hydrogen) atoms. The Kier molecular flexibility index (Phi) is 4.53. The first kappa shape index (κ1) is 16.1. The van der Waals surface area contributed by atoms with E-state index in [2.05, 4.69) is 5.32 Å². The zero-order chi connectivity index (χ0) is 15.6. The maximum atomic E-state index is 13.6. The van der Waals surface area contributed by atoms with Crippen LogP contribution >= 0.6 is 0 Å². The van der Waals surface area contributed by atoms with Crippen molar-refractivity contribution in [3.63, 3.8) is 0 Å². The molecule has 110 valence electrons. The third kappa shape index (κ3) is 4.05. The molecule has 0 aliphatic heterocycles. The standard InChI is InChI=1S/C15H20FNO3/c1-10-6-7-11(8-12(10)16)15(5,9-18)17-13(19)20-14(2,3)4/h6-9H,1-5H3,(H,17,19). The minimum absolute atomic E-state index is 0.362. The number of rotatable bonds is 3. The second kappa shape index (κ2) is 5.61. The summed E-state index contributed by atoms with van der Waals surface area (Å²) < 4.78 is 18.7. The minimum atomic E-state index is -1.34. The molecular weight excluding hydrogens is 261 g/mol. The number of aryl methyl sites for hydroxylation is 1. The molecule has 0 bridgehead atoms. The molecule has 0 aromatic heterocycles. The Bertz CT molecular complexity index is 522. The van der Waals surface area contributed by atoms with Crippen molar-refractivity contribution >= 4 is 12.4 Å². The van der Waals surface area contributed by atoms with Gasteiger partial charge < -0.3 is 14.8 Å². The molecule has 1 atom stereocenters. The minimum Gasteiger partial charge on any atom is -0.444 e. The number of nitrogens with one attached hydrogen (secondary N) is 1. The van der Waals surface area contributed by atoms with E-state index in [1.165, 1.54) is 13.0 Å². The second-order valence-corrected chi connectivity index (χ2v) is 5.91. The van der Waals surface area contributed by atoms with Crippen LogP contribution in [0.1, 0.15) is 38.8 Å². The molecule has 1 N–H and O–H groups in total. The molecular formula is C15H20FNO3. The lowest BCUT2D eigenvalue weighted by Crippen LogP contribution is -2.47. The Morgan fingerprint density at radius 2 is 1.90 bits per heavy atom. The molecule has 0 aliphatic rings. The molecule has 1 unspecified atom stereocenters. The van der Waals surface area contributed by atoms with Crippen LogP contribution in [0, 0.1) is 12.7 Å². The number of alkyl carbamates (subject to hydrolysis) is 1. The number of hydrogen-bond donors (Lipinski definition) is 1. The smallest absolute Gasteiger partial charge is 0.408 e. The van der Waals surface area contributed by atoms with Crippen molar-refractivity contribution in [1.29, 1.82) is 0 Å². The van der Waals surface area contributed by atoms with Crippen molar-refractivity contribution in [3.05, 3.63) is 35.1 Å². The SMILES string of the molecule is Cc1ccc(C(C)(C=O)NC(=O)OC(C)(C)C)cc1F. The summed E-state index contributed by atoms with van der Waals surface area (Å²) in [5.41, 5.74) is -1.18. The summed E-state index contributed by atoms with van der Waals surface area (Å²) >= 11 is 0. The number of hydrogen-bond acceptors (Lipinski definition) is 3. The van der Waals surface area contributed by atoms with Crippen LogP contribution in [-0.2, 0) is 15.1 Å². The molecule has 1 amide bonds. The lowest BCUT2D eigenvalue weighted by Gasteiger charge is -2.28. The van der Waals surface area contributed by atoms with E-state index in [4.69, 9.17) is 4.74 Å². The normalized spacial score (nSPS) is 14.3. The summed E-state index contributed by atoms with van der Waals surface area (Å²) in [4.78, 5) is 23.1. The van der Waals surface area contributed by atoms with Crippen LogP contribution in [0.4, 0.5) is 9.18 Å². The third-order valence-electron chi connectivity index (χ3n) is 2.77. The lowest BCUT2D eigenvalue weighted by molar-refractivity contribution is -0.113. The molecule has 1 aromatic rings. The first-order valence-corrected chi connectivity index (χ1v) is 6.31. The number of carbonyl (C=O) groups is 2. The number of halogens is 1. The fraction of sp³-hybridized carbons (Fsp3) is 0.467. The van der Waals surface area contributed by atoms with Gasteiger partial charge in [0.15, 0.2) is 0 Å². The summed E-state index contributed by atoms with van der Waals surface area (Å²) in [6, 6.07) is 4.40. The number of ether oxygens (including phenoxy) is 1. The lowest BCUT2D eigenvalue weighted by atomic mass is 9.93. The average molecular weight is 281 g/mol. The van der Waals surface area contributed by atoms with Crippen LogP contribution in [-0.4, -0.2) is 18.0 Å². The van der Waals surface area contributed by atoms with Gasteiger partial charge >= 0.3 is 6.09 Å². The maximum Gasteiger partial charge on any atom is 0.408 e. The van der Waals surface area contributed by atoms with E-state index in [0.29, 0.717) is 17.4 Å². The number of aldehydes is 1. The topological polar surface area (TPSA) is 55.4 Å². The fourth-order valence-electron chi connectivity index (χ4n) is 1.60. The Morgan fingerprint density at radius 1 is 1.30 bits per heavy atom. The van der Waals surface area contributed by atoms with Gasteiger partial charge in [-0.2, -0.15) is 0 Å². The summed E-state index contributed by atoms with van der Waals surface area (Å²) in [5, 5.41) is 2.47. The highest BCUT2D eigenvalue weighted by atomic mass is 19.1. The first-order chi connectivity index (χ1) is 9.07. The van der Waals surface area contributed by atoms with E-state index in [9.17, 15) is 14.0 Å². The van der Waals surface area contributed by atoms with Crippen LogP contribution < -0.4 is 5.32 Å². The predicted molar refractivity (Wildman–Crippen MR) is 73.9 cm³/mol. The molecule has 4 nitrogen and oxygen atoms in total. The van der Waals surface area contributed by atoms with E-state index >= 15 is 0 Å². The van der Waals surface area contributed by atoms with Crippen LogP contribution in [0.15, 0.2) is 18.2 Å².